The van der Waals surface area contributed by atoms with E-state index < -0.39 is 23.6 Å². The first-order valence-corrected chi connectivity index (χ1v) is 13.0. The Morgan fingerprint density at radius 2 is 1.83 bits per heavy atom. The SMILES string of the molecule is Cc1ccc(-c2cc(N(C(N)=O)C(N)=O)cs2)cc1CCN[C@@](CC(C)C)(C(=O)O)C1CCCC1. The zero-order valence-electron chi connectivity index (χ0n) is 20.7. The van der Waals surface area contributed by atoms with E-state index in [1.807, 2.05) is 19.1 Å². The molecule has 2 aromatic rings. The number of urea groups is 2. The summed E-state index contributed by atoms with van der Waals surface area (Å²) in [6.45, 7) is 6.76. The van der Waals surface area contributed by atoms with E-state index in [0.29, 0.717) is 25.1 Å². The molecule has 1 aliphatic rings. The molecule has 1 aliphatic carbocycles. The van der Waals surface area contributed by atoms with Crippen LogP contribution in [0.25, 0.3) is 10.4 Å². The first-order valence-electron chi connectivity index (χ1n) is 12.1. The normalized spacial score (nSPS) is 15.8. The molecule has 0 bridgehead atoms. The lowest BCUT2D eigenvalue weighted by Gasteiger charge is -2.38. The summed E-state index contributed by atoms with van der Waals surface area (Å²) in [4.78, 5) is 37.3. The van der Waals surface area contributed by atoms with Crippen LogP contribution >= 0.6 is 11.3 Å². The predicted molar refractivity (Wildman–Crippen MR) is 140 cm³/mol. The number of benzene rings is 1. The van der Waals surface area contributed by atoms with Gasteiger partial charge in [0, 0.05) is 16.8 Å². The van der Waals surface area contributed by atoms with Gasteiger partial charge in [0.25, 0.3) is 0 Å². The quantitative estimate of drug-likeness (QED) is 0.368. The molecule has 190 valence electrons. The Hall–Kier alpha value is -2.91. The fraction of sp³-hybridized carbons (Fsp3) is 0.500. The number of aryl methyl sites for hydroxylation is 1. The second-order valence-electron chi connectivity index (χ2n) is 9.85. The second kappa shape index (κ2) is 11.2. The molecule has 4 amide bonds. The number of rotatable bonds is 10. The number of carboxylic acids is 1. The minimum Gasteiger partial charge on any atom is -0.480 e. The summed E-state index contributed by atoms with van der Waals surface area (Å²) in [5.74, 6) is -0.321. The Balaban J connectivity index is 1.79. The van der Waals surface area contributed by atoms with Crippen molar-refractivity contribution in [3.05, 3.63) is 40.8 Å². The van der Waals surface area contributed by atoms with Crippen molar-refractivity contribution in [3.63, 3.8) is 0 Å². The average molecular weight is 501 g/mol. The van der Waals surface area contributed by atoms with Crippen molar-refractivity contribution in [2.24, 2.45) is 23.3 Å². The number of carboxylic acid groups (broad SMARTS) is 1. The summed E-state index contributed by atoms with van der Waals surface area (Å²) >= 11 is 1.39. The molecule has 0 spiro atoms. The molecular formula is C26H36N4O4S. The van der Waals surface area contributed by atoms with Crippen LogP contribution in [0.3, 0.4) is 0 Å². The van der Waals surface area contributed by atoms with Crippen LogP contribution in [-0.4, -0.2) is 35.2 Å². The van der Waals surface area contributed by atoms with Crippen LogP contribution in [0.5, 0.6) is 0 Å². The van der Waals surface area contributed by atoms with Gasteiger partial charge in [0.2, 0.25) is 0 Å². The number of primary amides is 2. The van der Waals surface area contributed by atoms with Gasteiger partial charge in [-0.3, -0.25) is 4.79 Å². The maximum atomic E-state index is 12.5. The largest absolute Gasteiger partial charge is 0.480 e. The molecule has 8 nitrogen and oxygen atoms in total. The number of thiophene rings is 1. The fourth-order valence-electron chi connectivity index (χ4n) is 5.26. The van der Waals surface area contributed by atoms with E-state index in [-0.39, 0.29) is 11.8 Å². The van der Waals surface area contributed by atoms with Crippen LogP contribution in [0.15, 0.2) is 29.6 Å². The maximum absolute atomic E-state index is 12.5. The van der Waals surface area contributed by atoms with Gasteiger partial charge in [0.1, 0.15) is 5.54 Å². The van der Waals surface area contributed by atoms with Gasteiger partial charge < -0.3 is 21.9 Å². The van der Waals surface area contributed by atoms with Crippen molar-refractivity contribution in [3.8, 4) is 10.4 Å². The van der Waals surface area contributed by atoms with Crippen molar-refractivity contribution < 1.29 is 19.5 Å². The zero-order chi connectivity index (χ0) is 25.8. The third kappa shape index (κ3) is 6.02. The first-order chi connectivity index (χ1) is 16.5. The van der Waals surface area contributed by atoms with E-state index in [2.05, 4.69) is 25.2 Å². The molecule has 0 aliphatic heterocycles. The molecule has 1 atom stereocenters. The van der Waals surface area contributed by atoms with Crippen molar-refractivity contribution in [2.45, 2.75) is 64.8 Å². The number of nitrogens with zero attached hydrogens (tertiary/aromatic N) is 1. The van der Waals surface area contributed by atoms with Gasteiger partial charge in [0.05, 0.1) is 5.69 Å². The lowest BCUT2D eigenvalue weighted by molar-refractivity contribution is -0.148. The Morgan fingerprint density at radius 1 is 1.17 bits per heavy atom. The summed E-state index contributed by atoms with van der Waals surface area (Å²) in [7, 11) is 0. The molecule has 6 N–H and O–H groups in total. The standard InChI is InChI=1S/C26H36N4O4S/c1-16(2)14-26(23(31)32,20-6-4-5-7-20)29-11-10-18-12-19(9-8-17(18)3)22-13-21(15-35-22)30(24(27)33)25(28)34/h8-9,12-13,15-16,20,29H,4-7,10-11,14H2,1-3H3,(H2,27,33)(H2,28,34)(H,31,32)/t26-/m1/s1. The number of nitrogens with two attached hydrogens (primary N) is 2. The lowest BCUT2D eigenvalue weighted by atomic mass is 9.76. The highest BCUT2D eigenvalue weighted by Gasteiger charge is 2.46. The molecule has 3 rings (SSSR count). The van der Waals surface area contributed by atoms with Crippen LogP contribution in [0.1, 0.15) is 57.1 Å². The number of imide groups is 1. The molecule has 1 aromatic carbocycles. The van der Waals surface area contributed by atoms with Crippen molar-refractivity contribution >= 4 is 35.1 Å². The van der Waals surface area contributed by atoms with E-state index in [1.54, 1.807) is 11.4 Å². The number of hydrogen-bond acceptors (Lipinski definition) is 5. The van der Waals surface area contributed by atoms with E-state index in [9.17, 15) is 19.5 Å². The molecule has 1 aromatic heterocycles. The van der Waals surface area contributed by atoms with Gasteiger partial charge >= 0.3 is 18.0 Å². The van der Waals surface area contributed by atoms with Crippen LogP contribution in [0.2, 0.25) is 0 Å². The Morgan fingerprint density at radius 3 is 2.40 bits per heavy atom. The molecule has 0 radical (unpaired) electrons. The molecule has 1 fully saturated rings. The summed E-state index contributed by atoms with van der Waals surface area (Å²) < 4.78 is 0. The molecule has 9 heteroatoms. The van der Waals surface area contributed by atoms with Crippen LogP contribution in [-0.2, 0) is 11.2 Å². The Labute approximate surface area is 210 Å². The van der Waals surface area contributed by atoms with Crippen molar-refractivity contribution in [2.75, 3.05) is 11.4 Å². The lowest BCUT2D eigenvalue weighted by Crippen LogP contribution is -2.58. The predicted octanol–water partition coefficient (Wildman–Crippen LogP) is 4.88. The van der Waals surface area contributed by atoms with Crippen molar-refractivity contribution in [1.82, 2.24) is 5.32 Å². The highest BCUT2D eigenvalue weighted by molar-refractivity contribution is 7.14. The topological polar surface area (TPSA) is 139 Å². The number of carbonyl (C=O) groups excluding carboxylic acids is 2. The van der Waals surface area contributed by atoms with E-state index >= 15 is 0 Å². The minimum absolute atomic E-state index is 0.151. The average Bonchev–Trinajstić information content (AvgIpc) is 3.46. The van der Waals surface area contributed by atoms with E-state index in [0.717, 1.165) is 52.2 Å². The smallest absolute Gasteiger partial charge is 0.327 e. The molecule has 0 unspecified atom stereocenters. The number of anilines is 1. The second-order valence-corrected chi connectivity index (χ2v) is 10.8. The highest BCUT2D eigenvalue weighted by Crippen LogP contribution is 2.38. The first kappa shape index (κ1) is 26.7. The van der Waals surface area contributed by atoms with Crippen LogP contribution in [0.4, 0.5) is 15.3 Å². The molecule has 1 heterocycles. The number of carbonyl (C=O) groups is 3. The van der Waals surface area contributed by atoms with Gasteiger partial charge in [-0.15, -0.1) is 11.3 Å². The monoisotopic (exact) mass is 500 g/mol. The highest BCUT2D eigenvalue weighted by atomic mass is 32.1. The van der Waals surface area contributed by atoms with Gasteiger partial charge in [-0.2, -0.15) is 0 Å². The van der Waals surface area contributed by atoms with Crippen LogP contribution in [0, 0.1) is 18.8 Å². The third-order valence-corrected chi connectivity index (χ3v) is 7.88. The van der Waals surface area contributed by atoms with Gasteiger partial charge in [-0.25, -0.2) is 14.5 Å². The summed E-state index contributed by atoms with van der Waals surface area (Å²) in [6.07, 6.45) is 5.38. The molecule has 0 saturated heterocycles. The van der Waals surface area contributed by atoms with Crippen molar-refractivity contribution in [1.29, 1.82) is 0 Å². The third-order valence-electron chi connectivity index (χ3n) is 6.92. The van der Waals surface area contributed by atoms with Gasteiger partial charge in [0.15, 0.2) is 0 Å². The molecule has 1 saturated carbocycles. The summed E-state index contributed by atoms with van der Waals surface area (Å²) in [6, 6.07) is 5.95. The zero-order valence-corrected chi connectivity index (χ0v) is 21.5. The molecular weight excluding hydrogens is 464 g/mol. The van der Waals surface area contributed by atoms with Gasteiger partial charge in [-0.1, -0.05) is 44.9 Å². The number of nitrogens with one attached hydrogen (secondary N) is 1. The Bertz CT molecular complexity index is 1060. The maximum Gasteiger partial charge on any atom is 0.327 e. The fourth-order valence-corrected chi connectivity index (χ4v) is 6.13. The van der Waals surface area contributed by atoms with Crippen LogP contribution < -0.4 is 21.7 Å². The van der Waals surface area contributed by atoms with E-state index in [4.69, 9.17) is 11.5 Å². The molecule has 35 heavy (non-hydrogen) atoms. The number of amides is 4. The number of aliphatic carboxylic acids is 1. The van der Waals surface area contributed by atoms with E-state index in [1.165, 1.54) is 11.3 Å². The Kier molecular flexibility index (Phi) is 8.56. The summed E-state index contributed by atoms with van der Waals surface area (Å²) in [5.41, 5.74) is 13.2. The number of hydrogen-bond donors (Lipinski definition) is 4. The van der Waals surface area contributed by atoms with Gasteiger partial charge in [-0.05, 0) is 67.2 Å². The summed E-state index contributed by atoms with van der Waals surface area (Å²) in [5, 5.41) is 15.4. The minimum atomic E-state index is -0.928.